The van der Waals surface area contributed by atoms with Gasteiger partial charge in [0.2, 0.25) is 5.91 Å². The Morgan fingerprint density at radius 3 is 2.71 bits per heavy atom. The highest BCUT2D eigenvalue weighted by atomic mass is 35.5. The number of nitrogens with one attached hydrogen (secondary N) is 1. The summed E-state index contributed by atoms with van der Waals surface area (Å²) < 4.78 is 0. The van der Waals surface area contributed by atoms with Gasteiger partial charge in [0.05, 0.1) is 11.4 Å². The lowest BCUT2D eigenvalue weighted by molar-refractivity contribution is -0.115. The fourth-order valence-electron chi connectivity index (χ4n) is 0.880. The molecule has 1 aromatic carbocycles. The molecule has 0 radical (unpaired) electrons. The van der Waals surface area contributed by atoms with Crippen LogP contribution >= 0.6 is 23.2 Å². The van der Waals surface area contributed by atoms with Crippen molar-refractivity contribution >= 4 is 40.5 Å². The Hall–Kier alpha value is -0.930. The van der Waals surface area contributed by atoms with Gasteiger partial charge in [0.25, 0.3) is 0 Å². The lowest BCUT2D eigenvalue weighted by atomic mass is 10.2. The third-order valence-corrected chi connectivity index (χ3v) is 2.07. The van der Waals surface area contributed by atoms with Crippen LogP contribution in [0.4, 0.5) is 11.4 Å². The van der Waals surface area contributed by atoms with Crippen LogP contribution in [0, 0.1) is 0 Å². The van der Waals surface area contributed by atoms with Crippen LogP contribution in [0.25, 0.3) is 0 Å². The highest BCUT2D eigenvalue weighted by Crippen LogP contribution is 2.22. The van der Waals surface area contributed by atoms with Crippen LogP contribution in [-0.2, 0) is 4.79 Å². The Morgan fingerprint density at radius 2 is 2.21 bits per heavy atom. The molecule has 1 rings (SSSR count). The molecule has 1 amide bonds. The standard InChI is InChI=1S/C9H10Cl2N2O/c1-5(10)9(14)13-8-3-2-6(11)4-7(8)12/h2-5H,12H2,1H3,(H,13,14). The summed E-state index contributed by atoms with van der Waals surface area (Å²) in [7, 11) is 0. The summed E-state index contributed by atoms with van der Waals surface area (Å²) >= 11 is 11.3. The zero-order valence-corrected chi connectivity index (χ0v) is 9.06. The first-order valence-electron chi connectivity index (χ1n) is 4.00. The number of amides is 1. The number of nitrogen functional groups attached to an aromatic ring is 1. The van der Waals surface area contributed by atoms with Crippen molar-refractivity contribution in [2.75, 3.05) is 11.1 Å². The summed E-state index contributed by atoms with van der Waals surface area (Å²) in [5, 5.41) is 2.52. The van der Waals surface area contributed by atoms with Crippen LogP contribution in [0.3, 0.4) is 0 Å². The Bertz CT molecular complexity index is 353. The maximum Gasteiger partial charge on any atom is 0.242 e. The second-order valence-electron chi connectivity index (χ2n) is 2.84. The predicted molar refractivity (Wildman–Crippen MR) is 59.8 cm³/mol. The average Bonchev–Trinajstić information content (AvgIpc) is 2.09. The number of nitrogens with two attached hydrogens (primary N) is 1. The Morgan fingerprint density at radius 1 is 1.57 bits per heavy atom. The van der Waals surface area contributed by atoms with E-state index in [-0.39, 0.29) is 5.91 Å². The number of anilines is 2. The lowest BCUT2D eigenvalue weighted by Gasteiger charge is -2.09. The molecule has 0 spiro atoms. The van der Waals surface area contributed by atoms with E-state index in [1.54, 1.807) is 25.1 Å². The first-order chi connectivity index (χ1) is 6.50. The third kappa shape index (κ3) is 2.79. The number of hydrogen-bond acceptors (Lipinski definition) is 2. The number of rotatable bonds is 2. The molecule has 0 aromatic heterocycles. The molecule has 0 fully saturated rings. The number of benzene rings is 1. The molecule has 14 heavy (non-hydrogen) atoms. The van der Waals surface area contributed by atoms with Gasteiger partial charge in [-0.15, -0.1) is 11.6 Å². The van der Waals surface area contributed by atoms with E-state index in [9.17, 15) is 4.79 Å². The monoisotopic (exact) mass is 232 g/mol. The molecule has 5 heteroatoms. The molecule has 3 nitrogen and oxygen atoms in total. The molecule has 76 valence electrons. The molecule has 0 aliphatic rings. The molecule has 3 N–H and O–H groups in total. The van der Waals surface area contributed by atoms with E-state index in [4.69, 9.17) is 28.9 Å². The van der Waals surface area contributed by atoms with Crippen LogP contribution in [0.15, 0.2) is 18.2 Å². The highest BCUT2D eigenvalue weighted by molar-refractivity contribution is 6.32. The van der Waals surface area contributed by atoms with Crippen molar-refractivity contribution in [3.8, 4) is 0 Å². The lowest BCUT2D eigenvalue weighted by Crippen LogP contribution is -2.20. The fourth-order valence-corrected chi connectivity index (χ4v) is 1.11. The first-order valence-corrected chi connectivity index (χ1v) is 4.82. The van der Waals surface area contributed by atoms with Crippen molar-refractivity contribution in [3.05, 3.63) is 23.2 Å². The van der Waals surface area contributed by atoms with Gasteiger partial charge in [-0.3, -0.25) is 4.79 Å². The van der Waals surface area contributed by atoms with Crippen LogP contribution in [0.1, 0.15) is 6.92 Å². The zero-order valence-electron chi connectivity index (χ0n) is 7.55. The van der Waals surface area contributed by atoms with Gasteiger partial charge < -0.3 is 11.1 Å². The summed E-state index contributed by atoms with van der Waals surface area (Å²) in [6.07, 6.45) is 0. The van der Waals surface area contributed by atoms with E-state index in [1.807, 2.05) is 0 Å². The number of carbonyl (C=O) groups excluding carboxylic acids is 1. The molecule has 1 unspecified atom stereocenters. The summed E-state index contributed by atoms with van der Waals surface area (Å²) in [6, 6.07) is 4.84. The second-order valence-corrected chi connectivity index (χ2v) is 3.93. The maximum atomic E-state index is 11.2. The summed E-state index contributed by atoms with van der Waals surface area (Å²) in [6.45, 7) is 1.59. The largest absolute Gasteiger partial charge is 0.397 e. The summed E-state index contributed by atoms with van der Waals surface area (Å²) in [5.41, 5.74) is 6.57. The molecule has 0 aliphatic carbocycles. The van der Waals surface area contributed by atoms with Crippen LogP contribution in [-0.4, -0.2) is 11.3 Å². The molecular formula is C9H10Cl2N2O. The highest BCUT2D eigenvalue weighted by Gasteiger charge is 2.10. The fraction of sp³-hybridized carbons (Fsp3) is 0.222. The van der Waals surface area contributed by atoms with Crippen molar-refractivity contribution in [1.29, 1.82) is 0 Å². The number of halogens is 2. The topological polar surface area (TPSA) is 55.1 Å². The predicted octanol–water partition coefficient (Wildman–Crippen LogP) is 2.49. The quantitative estimate of drug-likeness (QED) is 0.609. The number of carbonyl (C=O) groups is 1. The Kier molecular flexibility index (Phi) is 3.61. The minimum atomic E-state index is -0.593. The van der Waals surface area contributed by atoms with Gasteiger partial charge in [0.15, 0.2) is 0 Å². The van der Waals surface area contributed by atoms with Crippen molar-refractivity contribution in [1.82, 2.24) is 0 Å². The summed E-state index contributed by atoms with van der Waals surface area (Å²) in [5.74, 6) is -0.291. The normalized spacial score (nSPS) is 12.2. The molecule has 0 heterocycles. The van der Waals surface area contributed by atoms with E-state index < -0.39 is 5.38 Å². The van der Waals surface area contributed by atoms with Gasteiger partial charge in [-0.05, 0) is 25.1 Å². The van der Waals surface area contributed by atoms with Crippen LogP contribution < -0.4 is 11.1 Å². The smallest absolute Gasteiger partial charge is 0.242 e. The van der Waals surface area contributed by atoms with Gasteiger partial charge >= 0.3 is 0 Å². The van der Waals surface area contributed by atoms with E-state index in [0.29, 0.717) is 16.4 Å². The van der Waals surface area contributed by atoms with Gasteiger partial charge in [-0.1, -0.05) is 11.6 Å². The number of alkyl halides is 1. The van der Waals surface area contributed by atoms with Crippen LogP contribution in [0.5, 0.6) is 0 Å². The van der Waals surface area contributed by atoms with E-state index in [0.717, 1.165) is 0 Å². The van der Waals surface area contributed by atoms with Gasteiger partial charge in [0, 0.05) is 5.02 Å². The van der Waals surface area contributed by atoms with E-state index in [1.165, 1.54) is 0 Å². The van der Waals surface area contributed by atoms with E-state index in [2.05, 4.69) is 5.32 Å². The van der Waals surface area contributed by atoms with Crippen molar-refractivity contribution < 1.29 is 4.79 Å². The average molecular weight is 233 g/mol. The molecule has 0 saturated heterocycles. The van der Waals surface area contributed by atoms with Crippen molar-refractivity contribution in [3.63, 3.8) is 0 Å². The van der Waals surface area contributed by atoms with Crippen LogP contribution in [0.2, 0.25) is 5.02 Å². The summed E-state index contributed by atoms with van der Waals surface area (Å²) in [4.78, 5) is 11.2. The molecular weight excluding hydrogens is 223 g/mol. The SMILES string of the molecule is CC(Cl)C(=O)Nc1ccc(Cl)cc1N. The zero-order chi connectivity index (χ0) is 10.7. The van der Waals surface area contributed by atoms with Gasteiger partial charge in [-0.25, -0.2) is 0 Å². The van der Waals surface area contributed by atoms with Gasteiger partial charge in [-0.2, -0.15) is 0 Å². The molecule has 1 aromatic rings. The molecule has 0 aliphatic heterocycles. The second kappa shape index (κ2) is 4.53. The first kappa shape index (κ1) is 11.1. The molecule has 0 saturated carbocycles. The van der Waals surface area contributed by atoms with Crippen molar-refractivity contribution in [2.24, 2.45) is 0 Å². The Balaban J connectivity index is 2.82. The Labute approximate surface area is 92.2 Å². The molecule has 1 atom stereocenters. The maximum absolute atomic E-state index is 11.2. The minimum Gasteiger partial charge on any atom is -0.397 e. The molecule has 0 bridgehead atoms. The van der Waals surface area contributed by atoms with E-state index >= 15 is 0 Å². The number of hydrogen-bond donors (Lipinski definition) is 2. The van der Waals surface area contributed by atoms with Crippen molar-refractivity contribution in [2.45, 2.75) is 12.3 Å². The van der Waals surface area contributed by atoms with Gasteiger partial charge in [0.1, 0.15) is 5.38 Å². The third-order valence-electron chi connectivity index (χ3n) is 1.63. The minimum absolute atomic E-state index is 0.291.